The molecule has 0 saturated heterocycles. The third-order valence-corrected chi connectivity index (χ3v) is 5.81. The van der Waals surface area contributed by atoms with Crippen LogP contribution in [0.1, 0.15) is 16.8 Å². The van der Waals surface area contributed by atoms with Crippen molar-refractivity contribution in [2.24, 2.45) is 0 Å². The van der Waals surface area contributed by atoms with E-state index in [-0.39, 0.29) is 24.6 Å². The molecule has 0 aliphatic rings. The summed E-state index contributed by atoms with van der Waals surface area (Å²) in [4.78, 5) is 33.7. The molecule has 0 saturated carbocycles. The van der Waals surface area contributed by atoms with E-state index in [4.69, 9.17) is 17.3 Å². The fraction of sp³-hybridized carbons (Fsp3) is 0.174. The van der Waals surface area contributed by atoms with Gasteiger partial charge >= 0.3 is 5.69 Å². The van der Waals surface area contributed by atoms with Crippen LogP contribution in [0.3, 0.4) is 0 Å². The molecule has 3 N–H and O–H groups in total. The molecular formula is C23H22ClN5O2. The van der Waals surface area contributed by atoms with Gasteiger partial charge in [0.1, 0.15) is 11.5 Å². The van der Waals surface area contributed by atoms with Gasteiger partial charge in [-0.2, -0.15) is 0 Å². The van der Waals surface area contributed by atoms with Crippen molar-refractivity contribution in [3.63, 3.8) is 0 Å². The van der Waals surface area contributed by atoms with Crippen LogP contribution in [0.15, 0.2) is 64.2 Å². The molecule has 31 heavy (non-hydrogen) atoms. The Morgan fingerprint density at radius 2 is 1.77 bits per heavy atom. The molecule has 0 aliphatic heterocycles. The highest BCUT2D eigenvalue weighted by Gasteiger charge is 2.19. The molecule has 8 heteroatoms. The summed E-state index contributed by atoms with van der Waals surface area (Å²) in [5.41, 5.74) is 8.65. The summed E-state index contributed by atoms with van der Waals surface area (Å²) < 4.78 is 1.35. The van der Waals surface area contributed by atoms with Gasteiger partial charge in [-0.25, -0.2) is 9.78 Å². The first-order valence-electron chi connectivity index (χ1n) is 9.78. The average molecular weight is 436 g/mol. The van der Waals surface area contributed by atoms with Crippen molar-refractivity contribution in [2.45, 2.75) is 20.0 Å². The predicted molar refractivity (Wildman–Crippen MR) is 125 cm³/mol. The first kappa shape index (κ1) is 20.7. The third-order valence-electron chi connectivity index (χ3n) is 5.31. The highest BCUT2D eigenvalue weighted by Crippen LogP contribution is 2.28. The molecule has 2 aromatic carbocycles. The SMILES string of the molecule is Cc1c(Cl)c(CN(C)c2c(N)n(Cc3ccccc3)c(=O)[nH]c2=O)nc2ccccc12. The van der Waals surface area contributed by atoms with Crippen LogP contribution < -0.4 is 21.9 Å². The number of hydrogen-bond donors (Lipinski definition) is 2. The molecule has 0 atom stereocenters. The topological polar surface area (TPSA) is 97.0 Å². The average Bonchev–Trinajstić information content (AvgIpc) is 2.75. The van der Waals surface area contributed by atoms with Crippen LogP contribution in [0.25, 0.3) is 10.9 Å². The molecule has 0 aliphatic carbocycles. The monoisotopic (exact) mass is 435 g/mol. The van der Waals surface area contributed by atoms with Crippen LogP contribution in [0.5, 0.6) is 0 Å². The first-order chi connectivity index (χ1) is 14.9. The molecule has 158 valence electrons. The molecule has 2 heterocycles. The Bertz CT molecular complexity index is 1380. The van der Waals surface area contributed by atoms with E-state index >= 15 is 0 Å². The van der Waals surface area contributed by atoms with Crippen LogP contribution in [0.4, 0.5) is 11.5 Å². The second-order valence-corrected chi connectivity index (χ2v) is 7.81. The number of pyridine rings is 1. The number of para-hydroxylation sites is 1. The van der Waals surface area contributed by atoms with E-state index in [1.807, 2.05) is 61.5 Å². The van der Waals surface area contributed by atoms with Crippen molar-refractivity contribution < 1.29 is 0 Å². The van der Waals surface area contributed by atoms with E-state index in [9.17, 15) is 9.59 Å². The summed E-state index contributed by atoms with van der Waals surface area (Å²) in [6.07, 6.45) is 0. The van der Waals surface area contributed by atoms with Crippen LogP contribution in [0.2, 0.25) is 5.02 Å². The number of hydrogen-bond acceptors (Lipinski definition) is 5. The van der Waals surface area contributed by atoms with Gasteiger partial charge in [-0.3, -0.25) is 14.3 Å². The summed E-state index contributed by atoms with van der Waals surface area (Å²) >= 11 is 6.59. The number of fused-ring (bicyclic) bond motifs is 1. The number of nitrogens with two attached hydrogens (primary N) is 1. The van der Waals surface area contributed by atoms with Gasteiger partial charge in [-0.15, -0.1) is 0 Å². The number of rotatable bonds is 5. The maximum Gasteiger partial charge on any atom is 0.330 e. The summed E-state index contributed by atoms with van der Waals surface area (Å²) in [7, 11) is 1.72. The number of anilines is 2. The lowest BCUT2D eigenvalue weighted by atomic mass is 10.1. The van der Waals surface area contributed by atoms with Crippen LogP contribution >= 0.6 is 11.6 Å². The number of nitrogen functional groups attached to an aromatic ring is 1. The van der Waals surface area contributed by atoms with Crippen molar-refractivity contribution in [1.82, 2.24) is 14.5 Å². The number of nitrogens with one attached hydrogen (secondary N) is 1. The van der Waals surface area contributed by atoms with Gasteiger partial charge in [0.25, 0.3) is 5.56 Å². The van der Waals surface area contributed by atoms with Gasteiger partial charge in [0, 0.05) is 12.4 Å². The Morgan fingerprint density at radius 1 is 1.10 bits per heavy atom. The van der Waals surface area contributed by atoms with Gasteiger partial charge < -0.3 is 10.6 Å². The summed E-state index contributed by atoms with van der Waals surface area (Å²) in [5, 5.41) is 1.52. The Kier molecular flexibility index (Phi) is 5.52. The summed E-state index contributed by atoms with van der Waals surface area (Å²) in [6.45, 7) is 2.44. The zero-order chi connectivity index (χ0) is 22.1. The predicted octanol–water partition coefficient (Wildman–Crippen LogP) is 3.31. The van der Waals surface area contributed by atoms with Crippen LogP contribution in [-0.2, 0) is 13.1 Å². The van der Waals surface area contributed by atoms with Gasteiger partial charge in [0.15, 0.2) is 0 Å². The smallest absolute Gasteiger partial charge is 0.330 e. The van der Waals surface area contributed by atoms with Crippen LogP contribution in [0, 0.1) is 6.92 Å². The summed E-state index contributed by atoms with van der Waals surface area (Å²) in [6, 6.07) is 17.2. The quantitative estimate of drug-likeness (QED) is 0.501. The molecule has 0 radical (unpaired) electrons. The molecule has 0 spiro atoms. The van der Waals surface area contributed by atoms with Crippen LogP contribution in [-0.4, -0.2) is 21.6 Å². The minimum absolute atomic E-state index is 0.0914. The fourth-order valence-corrected chi connectivity index (χ4v) is 3.90. The molecule has 0 unspecified atom stereocenters. The summed E-state index contributed by atoms with van der Waals surface area (Å²) in [5.74, 6) is 0.0914. The zero-order valence-electron chi connectivity index (χ0n) is 17.2. The third kappa shape index (κ3) is 3.92. The Labute approximate surface area is 183 Å². The van der Waals surface area contributed by atoms with Gasteiger partial charge in [-0.05, 0) is 24.1 Å². The lowest BCUT2D eigenvalue weighted by molar-refractivity contribution is 0.724. The molecule has 4 aromatic rings. The maximum atomic E-state index is 12.6. The van der Waals surface area contributed by atoms with Gasteiger partial charge in [0.05, 0.1) is 29.3 Å². The van der Waals surface area contributed by atoms with Crippen molar-refractivity contribution in [1.29, 1.82) is 0 Å². The minimum Gasteiger partial charge on any atom is -0.383 e. The van der Waals surface area contributed by atoms with E-state index in [2.05, 4.69) is 9.97 Å². The first-order valence-corrected chi connectivity index (χ1v) is 10.2. The molecular weight excluding hydrogens is 414 g/mol. The Hall–Kier alpha value is -3.58. The van der Waals surface area contributed by atoms with Crippen molar-refractivity contribution in [3.8, 4) is 0 Å². The van der Waals surface area contributed by atoms with E-state index in [0.717, 1.165) is 22.0 Å². The maximum absolute atomic E-state index is 12.6. The standard InChI is InChI=1S/C23H22ClN5O2/c1-14-16-10-6-7-11-17(16)26-18(19(14)24)13-28(2)20-21(25)29(23(31)27-22(20)30)12-15-8-4-3-5-9-15/h3-11H,12-13,25H2,1-2H3,(H,27,30,31). The van der Waals surface area contributed by atoms with Crippen molar-refractivity contribution in [3.05, 3.63) is 97.3 Å². The molecule has 0 amide bonds. The van der Waals surface area contributed by atoms with E-state index in [0.29, 0.717) is 10.7 Å². The Balaban J connectivity index is 1.74. The van der Waals surface area contributed by atoms with Gasteiger partial charge in [0.2, 0.25) is 0 Å². The number of aromatic amines is 1. The number of H-pyrrole nitrogens is 1. The minimum atomic E-state index is -0.554. The lowest BCUT2D eigenvalue weighted by Crippen LogP contribution is -2.37. The van der Waals surface area contributed by atoms with E-state index in [1.165, 1.54) is 4.57 Å². The number of aromatic nitrogens is 3. The number of halogens is 1. The normalized spacial score (nSPS) is 11.1. The number of nitrogens with zero attached hydrogens (tertiary/aromatic N) is 3. The number of aryl methyl sites for hydroxylation is 1. The van der Waals surface area contributed by atoms with Gasteiger partial charge in [-0.1, -0.05) is 60.1 Å². The molecule has 0 bridgehead atoms. The molecule has 4 rings (SSSR count). The largest absolute Gasteiger partial charge is 0.383 e. The zero-order valence-corrected chi connectivity index (χ0v) is 18.0. The molecule has 2 aromatic heterocycles. The molecule has 0 fully saturated rings. The second-order valence-electron chi connectivity index (χ2n) is 7.44. The Morgan fingerprint density at radius 3 is 2.52 bits per heavy atom. The molecule has 7 nitrogen and oxygen atoms in total. The van der Waals surface area contributed by atoms with E-state index < -0.39 is 11.2 Å². The van der Waals surface area contributed by atoms with Crippen molar-refractivity contribution >= 4 is 34.0 Å². The van der Waals surface area contributed by atoms with E-state index in [1.54, 1.807) is 11.9 Å². The van der Waals surface area contributed by atoms with Crippen molar-refractivity contribution in [2.75, 3.05) is 17.7 Å². The number of benzene rings is 2. The fourth-order valence-electron chi connectivity index (χ4n) is 3.70. The highest BCUT2D eigenvalue weighted by atomic mass is 35.5. The second kappa shape index (κ2) is 8.28. The lowest BCUT2D eigenvalue weighted by Gasteiger charge is -2.22. The highest BCUT2D eigenvalue weighted by molar-refractivity contribution is 6.32.